The van der Waals surface area contributed by atoms with Crippen LogP contribution in [0.15, 0.2) is 0 Å². The molecule has 0 amide bonds. The highest BCUT2D eigenvalue weighted by Crippen LogP contribution is 2.38. The van der Waals surface area contributed by atoms with Crippen molar-refractivity contribution in [2.75, 3.05) is 6.61 Å². The minimum absolute atomic E-state index is 0.129. The van der Waals surface area contributed by atoms with Crippen LogP contribution in [-0.4, -0.2) is 70.1 Å². The number of carbonyl (C=O) groups excluding carboxylic acids is 2. The molecule has 2 bridgehead atoms. The number of cyclic esters (lactones) is 1. The van der Waals surface area contributed by atoms with Gasteiger partial charge in [0.05, 0.1) is 25.2 Å². The second-order valence-electron chi connectivity index (χ2n) is 8.36. The van der Waals surface area contributed by atoms with E-state index in [0.29, 0.717) is 6.42 Å². The quantitative estimate of drug-likeness (QED) is 0.246. The van der Waals surface area contributed by atoms with Crippen molar-refractivity contribution in [2.45, 2.75) is 114 Å². The van der Waals surface area contributed by atoms with E-state index in [1.165, 1.54) is 32.1 Å². The van der Waals surface area contributed by atoms with Gasteiger partial charge in [0.1, 0.15) is 12.2 Å². The fourth-order valence-electron chi connectivity index (χ4n) is 4.00. The average Bonchev–Trinajstić information content (AvgIpc) is 2.72. The van der Waals surface area contributed by atoms with Crippen molar-refractivity contribution in [1.29, 1.82) is 0 Å². The molecule has 0 aromatic heterocycles. The van der Waals surface area contributed by atoms with Gasteiger partial charge in [-0.05, 0) is 6.42 Å². The Morgan fingerprint density at radius 3 is 2.40 bits per heavy atom. The molecule has 2 saturated heterocycles. The zero-order chi connectivity index (χ0) is 22.1. The summed E-state index contributed by atoms with van der Waals surface area (Å²) in [5.74, 6) is -3.69. The number of ether oxygens (including phenoxy) is 3. The lowest BCUT2D eigenvalue weighted by atomic mass is 9.87. The molecule has 9 heteroatoms. The minimum atomic E-state index is -2.07. The molecule has 0 aliphatic carbocycles. The lowest BCUT2D eigenvalue weighted by Gasteiger charge is -2.50. The molecule has 0 aromatic rings. The molecule has 2 rings (SSSR count). The van der Waals surface area contributed by atoms with Gasteiger partial charge < -0.3 is 35.3 Å². The van der Waals surface area contributed by atoms with Gasteiger partial charge in [-0.3, -0.25) is 4.79 Å². The fraction of sp³-hybridized carbons (Fsp3) is 0.905. The molecular formula is C21H37NO8. The van der Waals surface area contributed by atoms with Crippen molar-refractivity contribution in [3.8, 4) is 0 Å². The van der Waals surface area contributed by atoms with Gasteiger partial charge in [-0.25, -0.2) is 4.79 Å². The van der Waals surface area contributed by atoms with Gasteiger partial charge in [0, 0.05) is 6.42 Å². The molecular weight excluding hydrogens is 394 g/mol. The average molecular weight is 432 g/mol. The molecule has 30 heavy (non-hydrogen) atoms. The molecule has 0 saturated carbocycles. The third-order valence-electron chi connectivity index (χ3n) is 5.84. The number of nitrogens with two attached hydrogens (primary N) is 1. The van der Waals surface area contributed by atoms with Gasteiger partial charge in [0.2, 0.25) is 0 Å². The lowest BCUT2D eigenvalue weighted by Crippen LogP contribution is -2.71. The monoisotopic (exact) mass is 431 g/mol. The van der Waals surface area contributed by atoms with Crippen LogP contribution >= 0.6 is 0 Å². The van der Waals surface area contributed by atoms with Crippen molar-refractivity contribution in [1.82, 2.24) is 0 Å². The number of unbranched alkanes of at least 4 members (excludes halogenated alkanes) is 8. The molecule has 9 nitrogen and oxygen atoms in total. The number of carbonyl (C=O) groups is 2. The first kappa shape index (κ1) is 25.0. The van der Waals surface area contributed by atoms with Crippen molar-refractivity contribution in [3.05, 3.63) is 0 Å². The summed E-state index contributed by atoms with van der Waals surface area (Å²) in [7, 11) is 0. The van der Waals surface area contributed by atoms with Crippen molar-refractivity contribution in [2.24, 2.45) is 5.73 Å². The van der Waals surface area contributed by atoms with E-state index in [2.05, 4.69) is 6.92 Å². The lowest BCUT2D eigenvalue weighted by molar-refractivity contribution is -0.332. The summed E-state index contributed by atoms with van der Waals surface area (Å²) in [5, 5.41) is 29.3. The SMILES string of the molecule is CCCCCCCCCCCC(=O)O[C@@]12C[C@H](O)[C@@H](N)[C@H](O1)[C@@H]([C@H](O)CO)OC2=O. The van der Waals surface area contributed by atoms with E-state index in [4.69, 9.17) is 25.1 Å². The summed E-state index contributed by atoms with van der Waals surface area (Å²) in [6.45, 7) is 1.52. The predicted molar refractivity (Wildman–Crippen MR) is 107 cm³/mol. The normalized spacial score (nSPS) is 31.8. The minimum Gasteiger partial charge on any atom is -0.452 e. The first-order valence-corrected chi connectivity index (χ1v) is 11.2. The van der Waals surface area contributed by atoms with E-state index in [1.807, 2.05) is 0 Å². The topological polar surface area (TPSA) is 149 Å². The van der Waals surface area contributed by atoms with Crippen LogP contribution in [0, 0.1) is 0 Å². The zero-order valence-electron chi connectivity index (χ0n) is 17.8. The molecule has 6 atom stereocenters. The Hall–Kier alpha value is -1.26. The third-order valence-corrected chi connectivity index (χ3v) is 5.84. The summed E-state index contributed by atoms with van der Waals surface area (Å²) < 4.78 is 16.1. The molecule has 174 valence electrons. The van der Waals surface area contributed by atoms with Crippen LogP contribution in [0.4, 0.5) is 0 Å². The van der Waals surface area contributed by atoms with Crippen LogP contribution in [0.3, 0.4) is 0 Å². The number of hydrogen-bond donors (Lipinski definition) is 4. The molecule has 2 fully saturated rings. The van der Waals surface area contributed by atoms with E-state index >= 15 is 0 Å². The maximum absolute atomic E-state index is 12.5. The summed E-state index contributed by atoms with van der Waals surface area (Å²) in [4.78, 5) is 24.8. The van der Waals surface area contributed by atoms with Crippen LogP contribution in [0.25, 0.3) is 0 Å². The molecule has 2 aliphatic rings. The van der Waals surface area contributed by atoms with Gasteiger partial charge in [-0.2, -0.15) is 0 Å². The van der Waals surface area contributed by atoms with Gasteiger partial charge >= 0.3 is 17.7 Å². The van der Waals surface area contributed by atoms with Crippen LogP contribution in [-0.2, 0) is 23.8 Å². The molecule has 0 spiro atoms. The van der Waals surface area contributed by atoms with Crippen molar-refractivity contribution >= 4 is 11.9 Å². The van der Waals surface area contributed by atoms with Crippen LogP contribution in [0.2, 0.25) is 0 Å². The molecule has 0 unspecified atom stereocenters. The first-order chi connectivity index (χ1) is 14.3. The molecule has 2 aliphatic heterocycles. The summed E-state index contributed by atoms with van der Waals surface area (Å²) in [6.07, 6.45) is 4.75. The highest BCUT2D eigenvalue weighted by Gasteiger charge is 2.62. The second-order valence-corrected chi connectivity index (χ2v) is 8.36. The number of esters is 2. The van der Waals surface area contributed by atoms with E-state index in [9.17, 15) is 19.8 Å². The summed E-state index contributed by atoms with van der Waals surface area (Å²) in [6, 6.07) is -0.964. The molecule has 0 aromatic carbocycles. The number of fused-ring (bicyclic) bond motifs is 2. The smallest absolute Gasteiger partial charge is 0.380 e. The van der Waals surface area contributed by atoms with Crippen LogP contribution < -0.4 is 5.73 Å². The summed E-state index contributed by atoms with van der Waals surface area (Å²) in [5.41, 5.74) is 5.91. The highest BCUT2D eigenvalue weighted by molar-refractivity contribution is 5.83. The maximum Gasteiger partial charge on any atom is 0.380 e. The number of rotatable bonds is 13. The van der Waals surface area contributed by atoms with E-state index in [0.717, 1.165) is 19.3 Å². The molecule has 2 heterocycles. The Morgan fingerprint density at radius 1 is 1.20 bits per heavy atom. The predicted octanol–water partition coefficient (Wildman–Crippen LogP) is 0.902. The van der Waals surface area contributed by atoms with Gasteiger partial charge in [-0.1, -0.05) is 58.3 Å². The Bertz CT molecular complexity index is 559. The largest absolute Gasteiger partial charge is 0.452 e. The Balaban J connectivity index is 1.80. The fourth-order valence-corrected chi connectivity index (χ4v) is 4.00. The number of hydrogen-bond acceptors (Lipinski definition) is 9. The number of aliphatic hydroxyl groups excluding tert-OH is 3. The van der Waals surface area contributed by atoms with Crippen molar-refractivity contribution < 1.29 is 39.1 Å². The second kappa shape index (κ2) is 12.0. The number of aliphatic hydroxyl groups is 3. The van der Waals surface area contributed by atoms with E-state index < -0.39 is 54.8 Å². The van der Waals surface area contributed by atoms with E-state index in [1.54, 1.807) is 0 Å². The Kier molecular flexibility index (Phi) is 9.96. The van der Waals surface area contributed by atoms with Gasteiger partial charge in [0.15, 0.2) is 6.10 Å². The van der Waals surface area contributed by atoms with Crippen LogP contribution in [0.1, 0.15) is 77.6 Å². The Labute approximate surface area is 177 Å². The highest BCUT2D eigenvalue weighted by atomic mass is 16.8. The van der Waals surface area contributed by atoms with E-state index in [-0.39, 0.29) is 12.8 Å². The van der Waals surface area contributed by atoms with Crippen LogP contribution in [0.5, 0.6) is 0 Å². The first-order valence-electron chi connectivity index (χ1n) is 11.2. The van der Waals surface area contributed by atoms with Gasteiger partial charge in [-0.15, -0.1) is 0 Å². The zero-order valence-corrected chi connectivity index (χ0v) is 17.8. The van der Waals surface area contributed by atoms with Gasteiger partial charge in [0.25, 0.3) is 0 Å². The summed E-state index contributed by atoms with van der Waals surface area (Å²) >= 11 is 0. The standard InChI is InChI=1S/C21H37NO8/c1-2-3-4-5-6-7-8-9-10-11-16(26)29-21-12-14(24)17(22)19(30-21)18(15(25)13-23)28-20(21)27/h14-15,17-19,23-25H,2-13,22H2,1H3/t14-,15+,17+,18+,19-,21-/m0/s1. The van der Waals surface area contributed by atoms with Crippen molar-refractivity contribution in [3.63, 3.8) is 0 Å². The third kappa shape index (κ3) is 6.37. The Morgan fingerprint density at radius 2 is 1.80 bits per heavy atom. The molecule has 5 N–H and O–H groups in total. The molecule has 0 radical (unpaired) electrons. The maximum atomic E-state index is 12.5.